The van der Waals surface area contributed by atoms with Gasteiger partial charge in [0.15, 0.2) is 11.2 Å². The largest absolute Gasteiger partial charge is 0.348 e. The molecule has 0 aliphatic heterocycles. The Morgan fingerprint density at radius 1 is 1.14 bits per heavy atom. The number of hydrogen-bond donors (Lipinski definition) is 0. The first-order valence-electron chi connectivity index (χ1n) is 7.09. The highest BCUT2D eigenvalue weighted by Gasteiger charge is 2.19. The molecule has 0 radical (unpaired) electrons. The zero-order chi connectivity index (χ0) is 15.9. The van der Waals surface area contributed by atoms with Crippen molar-refractivity contribution >= 4 is 17.1 Å². The van der Waals surface area contributed by atoms with E-state index in [9.17, 15) is 9.59 Å². The molecule has 2 heterocycles. The lowest BCUT2D eigenvalue weighted by Gasteiger charge is -2.15. The van der Waals surface area contributed by atoms with Crippen LogP contribution in [0.25, 0.3) is 11.2 Å². The number of aromatic nitrogens is 4. The minimum Gasteiger partial charge on any atom is -0.348 e. The Morgan fingerprint density at radius 3 is 2.29 bits per heavy atom. The van der Waals surface area contributed by atoms with Crippen LogP contribution in [0, 0.1) is 5.92 Å². The van der Waals surface area contributed by atoms with Gasteiger partial charge in [-0.25, -0.2) is 4.79 Å². The van der Waals surface area contributed by atoms with Gasteiger partial charge in [0.1, 0.15) is 0 Å². The SMILES string of the molecule is CC(C)CCn1c(N(C)C)nc2c1c(=O)n(C)c(=O)n2C. The predicted octanol–water partition coefficient (Wildman–Crippen LogP) is 0.546. The zero-order valence-corrected chi connectivity index (χ0v) is 13.5. The number of fused-ring (bicyclic) bond motifs is 1. The van der Waals surface area contributed by atoms with Gasteiger partial charge in [0.25, 0.3) is 5.56 Å². The molecule has 0 atom stereocenters. The highest BCUT2D eigenvalue weighted by atomic mass is 16.2. The van der Waals surface area contributed by atoms with Gasteiger partial charge in [-0.2, -0.15) is 4.98 Å². The maximum Gasteiger partial charge on any atom is 0.332 e. The first-order valence-corrected chi connectivity index (χ1v) is 7.09. The molecular weight excluding hydrogens is 270 g/mol. The Bertz CT molecular complexity index is 779. The lowest BCUT2D eigenvalue weighted by atomic mass is 10.1. The van der Waals surface area contributed by atoms with Gasteiger partial charge in [-0.1, -0.05) is 13.8 Å². The third-order valence-electron chi connectivity index (χ3n) is 3.66. The van der Waals surface area contributed by atoms with E-state index < -0.39 is 0 Å². The van der Waals surface area contributed by atoms with Crippen molar-refractivity contribution in [2.75, 3.05) is 19.0 Å². The van der Waals surface area contributed by atoms with Crippen LogP contribution in [0.5, 0.6) is 0 Å². The van der Waals surface area contributed by atoms with Gasteiger partial charge in [0.05, 0.1) is 0 Å². The highest BCUT2D eigenvalue weighted by Crippen LogP contribution is 2.19. The lowest BCUT2D eigenvalue weighted by molar-refractivity contribution is 0.521. The summed E-state index contributed by atoms with van der Waals surface area (Å²) in [6, 6.07) is 0. The summed E-state index contributed by atoms with van der Waals surface area (Å²) >= 11 is 0. The van der Waals surface area contributed by atoms with E-state index in [1.165, 1.54) is 11.6 Å². The highest BCUT2D eigenvalue weighted by molar-refractivity contribution is 5.74. The second-order valence-electron chi connectivity index (χ2n) is 6.02. The van der Waals surface area contributed by atoms with Crippen molar-refractivity contribution in [2.24, 2.45) is 20.0 Å². The maximum atomic E-state index is 12.5. The molecule has 0 N–H and O–H groups in total. The van der Waals surface area contributed by atoms with Gasteiger partial charge in [-0.05, 0) is 12.3 Å². The fourth-order valence-corrected chi connectivity index (χ4v) is 2.38. The molecule has 2 aromatic rings. The van der Waals surface area contributed by atoms with Gasteiger partial charge in [-0.15, -0.1) is 0 Å². The van der Waals surface area contributed by atoms with Crippen LogP contribution >= 0.6 is 0 Å². The molecule has 0 saturated heterocycles. The second-order valence-corrected chi connectivity index (χ2v) is 6.02. The molecule has 0 amide bonds. The third-order valence-corrected chi connectivity index (χ3v) is 3.66. The van der Waals surface area contributed by atoms with Crippen molar-refractivity contribution < 1.29 is 0 Å². The van der Waals surface area contributed by atoms with Crippen LogP contribution in [0.4, 0.5) is 5.95 Å². The van der Waals surface area contributed by atoms with Crippen molar-refractivity contribution in [1.82, 2.24) is 18.7 Å². The zero-order valence-electron chi connectivity index (χ0n) is 13.5. The van der Waals surface area contributed by atoms with Crippen LogP contribution < -0.4 is 16.1 Å². The summed E-state index contributed by atoms with van der Waals surface area (Å²) < 4.78 is 4.47. The van der Waals surface area contributed by atoms with Crippen LogP contribution in [0.1, 0.15) is 20.3 Å². The fraction of sp³-hybridized carbons (Fsp3) is 0.643. The molecule has 0 saturated carbocycles. The van der Waals surface area contributed by atoms with Crippen LogP contribution in [-0.2, 0) is 20.6 Å². The van der Waals surface area contributed by atoms with Gasteiger partial charge in [0.2, 0.25) is 5.95 Å². The quantitative estimate of drug-likeness (QED) is 0.825. The summed E-state index contributed by atoms with van der Waals surface area (Å²) in [5.41, 5.74) is 0.281. The molecule has 2 rings (SSSR count). The topological polar surface area (TPSA) is 65.1 Å². The molecule has 0 aliphatic carbocycles. The Kier molecular flexibility index (Phi) is 3.93. The molecular formula is C14H23N5O2. The molecule has 7 heteroatoms. The number of rotatable bonds is 4. The summed E-state index contributed by atoms with van der Waals surface area (Å²) in [7, 11) is 6.91. The molecule has 2 aromatic heterocycles. The molecule has 0 spiro atoms. The van der Waals surface area contributed by atoms with Crippen LogP contribution in [-0.4, -0.2) is 32.8 Å². The van der Waals surface area contributed by atoms with Crippen molar-refractivity contribution in [3.63, 3.8) is 0 Å². The summed E-state index contributed by atoms with van der Waals surface area (Å²) in [4.78, 5) is 30.9. The van der Waals surface area contributed by atoms with Crippen molar-refractivity contribution in [2.45, 2.75) is 26.8 Å². The van der Waals surface area contributed by atoms with Crippen molar-refractivity contribution in [3.8, 4) is 0 Å². The third kappa shape index (κ3) is 2.48. The first-order chi connectivity index (χ1) is 9.75. The van der Waals surface area contributed by atoms with E-state index in [-0.39, 0.29) is 11.2 Å². The molecule has 0 fully saturated rings. The first kappa shape index (κ1) is 15.3. The molecule has 0 unspecified atom stereocenters. The summed E-state index contributed by atoms with van der Waals surface area (Å²) in [5, 5.41) is 0. The lowest BCUT2D eigenvalue weighted by Crippen LogP contribution is -2.37. The van der Waals surface area contributed by atoms with Gasteiger partial charge in [0, 0.05) is 34.7 Å². The minimum atomic E-state index is -0.355. The average Bonchev–Trinajstić information content (AvgIpc) is 2.80. The van der Waals surface area contributed by atoms with Gasteiger partial charge < -0.3 is 9.47 Å². The van der Waals surface area contributed by atoms with E-state index in [0.717, 1.165) is 11.0 Å². The Hall–Kier alpha value is -2.05. The second kappa shape index (κ2) is 5.38. The van der Waals surface area contributed by atoms with E-state index in [4.69, 9.17) is 0 Å². The van der Waals surface area contributed by atoms with Crippen LogP contribution in [0.15, 0.2) is 9.59 Å². The average molecular weight is 293 g/mol. The summed E-state index contributed by atoms with van der Waals surface area (Å²) in [6.07, 6.45) is 0.943. The Morgan fingerprint density at radius 2 is 1.76 bits per heavy atom. The Balaban J connectivity index is 2.83. The molecule has 7 nitrogen and oxygen atoms in total. The van der Waals surface area contributed by atoms with Crippen molar-refractivity contribution in [1.29, 1.82) is 0 Å². The van der Waals surface area contributed by atoms with E-state index in [0.29, 0.717) is 29.6 Å². The molecule has 116 valence electrons. The van der Waals surface area contributed by atoms with Gasteiger partial charge >= 0.3 is 5.69 Å². The van der Waals surface area contributed by atoms with Crippen molar-refractivity contribution in [3.05, 3.63) is 20.8 Å². The predicted molar refractivity (Wildman–Crippen MR) is 84.0 cm³/mol. The smallest absolute Gasteiger partial charge is 0.332 e. The van der Waals surface area contributed by atoms with Gasteiger partial charge in [-0.3, -0.25) is 13.9 Å². The minimum absolute atomic E-state index is 0.294. The van der Waals surface area contributed by atoms with E-state index in [2.05, 4.69) is 18.8 Å². The molecule has 0 aliphatic rings. The summed E-state index contributed by atoms with van der Waals surface area (Å²) in [5.74, 6) is 1.22. The van der Waals surface area contributed by atoms with Crippen LogP contribution in [0.2, 0.25) is 0 Å². The Labute approximate surface area is 123 Å². The number of anilines is 1. The van der Waals surface area contributed by atoms with E-state index in [1.807, 2.05) is 23.6 Å². The fourth-order valence-electron chi connectivity index (χ4n) is 2.38. The monoisotopic (exact) mass is 293 g/mol. The molecule has 21 heavy (non-hydrogen) atoms. The maximum absolute atomic E-state index is 12.5. The van der Waals surface area contributed by atoms with E-state index >= 15 is 0 Å². The molecule has 0 aromatic carbocycles. The number of nitrogens with zero attached hydrogens (tertiary/aromatic N) is 5. The normalized spacial score (nSPS) is 11.6. The standard InChI is InChI=1S/C14H23N5O2/c1-9(2)7-8-19-10-11(15-13(19)16(3)4)17(5)14(21)18(6)12(10)20/h9H,7-8H2,1-6H3. The van der Waals surface area contributed by atoms with E-state index in [1.54, 1.807) is 7.05 Å². The molecule has 0 bridgehead atoms. The number of hydrogen-bond acceptors (Lipinski definition) is 4. The number of aryl methyl sites for hydroxylation is 2. The van der Waals surface area contributed by atoms with Crippen LogP contribution in [0.3, 0.4) is 0 Å². The number of imidazole rings is 1. The summed E-state index contributed by atoms with van der Waals surface area (Å²) in [6.45, 7) is 4.99.